The third-order valence-corrected chi connectivity index (χ3v) is 6.37. The number of rotatable bonds is 6. The fourth-order valence-electron chi connectivity index (χ4n) is 3.34. The lowest BCUT2D eigenvalue weighted by molar-refractivity contribution is -0.898. The van der Waals surface area contributed by atoms with Gasteiger partial charge in [0.2, 0.25) is 0 Å². The normalized spacial score (nSPS) is 15.6. The maximum atomic E-state index is 12.9. The number of nitrogens with zero attached hydrogens (tertiary/aromatic N) is 1. The molecule has 7 heteroatoms. The maximum Gasteiger partial charge on any atom is 0.261 e. The smallest absolute Gasteiger partial charge is 0.261 e. The van der Waals surface area contributed by atoms with Gasteiger partial charge in [-0.2, -0.15) is 0 Å². The zero-order valence-corrected chi connectivity index (χ0v) is 16.6. The van der Waals surface area contributed by atoms with Crippen molar-refractivity contribution in [2.24, 2.45) is 0 Å². The van der Waals surface area contributed by atoms with Gasteiger partial charge < -0.3 is 9.80 Å². The molecule has 1 heterocycles. The molecular formula is C20H26N3O3S+. The van der Waals surface area contributed by atoms with Crippen LogP contribution < -0.4 is 14.5 Å². The number of hydrogen-bond acceptors (Lipinski definition) is 4. The van der Waals surface area contributed by atoms with Crippen LogP contribution in [0.2, 0.25) is 0 Å². The van der Waals surface area contributed by atoms with Crippen molar-refractivity contribution >= 4 is 27.2 Å². The Hall–Kier alpha value is -2.38. The first kappa shape index (κ1) is 19.4. The van der Waals surface area contributed by atoms with Crippen molar-refractivity contribution in [3.05, 3.63) is 54.1 Å². The van der Waals surface area contributed by atoms with Gasteiger partial charge in [0, 0.05) is 5.56 Å². The fourth-order valence-corrected chi connectivity index (χ4v) is 4.46. The van der Waals surface area contributed by atoms with E-state index in [4.69, 9.17) is 0 Å². The minimum Gasteiger partial charge on any atom is -0.359 e. The predicted octanol–water partition coefficient (Wildman–Crippen LogP) is 1.41. The number of likely N-dealkylation sites (N-methyl/N-ethyl adjacent to an activating group) is 1. The van der Waals surface area contributed by atoms with Gasteiger partial charge in [-0.3, -0.25) is 9.52 Å². The van der Waals surface area contributed by atoms with Gasteiger partial charge in [0.15, 0.2) is 5.78 Å². The second-order valence-corrected chi connectivity index (χ2v) is 8.48. The highest BCUT2D eigenvalue weighted by Crippen LogP contribution is 2.28. The van der Waals surface area contributed by atoms with Crippen molar-refractivity contribution in [2.75, 3.05) is 42.3 Å². The molecule has 1 aliphatic heterocycles. The van der Waals surface area contributed by atoms with E-state index in [9.17, 15) is 13.2 Å². The van der Waals surface area contributed by atoms with Crippen molar-refractivity contribution in [1.29, 1.82) is 0 Å². The summed E-state index contributed by atoms with van der Waals surface area (Å²) in [6, 6.07) is 13.6. The third kappa shape index (κ3) is 4.48. The fraction of sp³-hybridized carbons (Fsp3) is 0.350. The molecule has 1 saturated heterocycles. The molecule has 0 aromatic heterocycles. The van der Waals surface area contributed by atoms with Crippen LogP contribution in [-0.2, 0) is 10.0 Å². The Morgan fingerprint density at radius 2 is 1.81 bits per heavy atom. The highest BCUT2D eigenvalue weighted by molar-refractivity contribution is 7.92. The van der Waals surface area contributed by atoms with E-state index in [1.54, 1.807) is 23.1 Å². The van der Waals surface area contributed by atoms with Crippen molar-refractivity contribution < 1.29 is 18.1 Å². The first-order valence-electron chi connectivity index (χ1n) is 9.22. The van der Waals surface area contributed by atoms with E-state index in [2.05, 4.69) is 16.5 Å². The molecule has 0 aliphatic carbocycles. The van der Waals surface area contributed by atoms with E-state index in [0.717, 1.165) is 38.4 Å². The van der Waals surface area contributed by atoms with Crippen LogP contribution >= 0.6 is 0 Å². The molecule has 2 aromatic carbocycles. The van der Waals surface area contributed by atoms with Gasteiger partial charge in [0.25, 0.3) is 10.0 Å². The van der Waals surface area contributed by atoms with E-state index >= 15 is 0 Å². The SMILES string of the molecule is CC[NH+]1CCN(c2ccccc2NS(=O)(=O)c2cccc(C(C)=O)c2)CC1. The van der Waals surface area contributed by atoms with Gasteiger partial charge in [0.05, 0.1) is 49.0 Å². The van der Waals surface area contributed by atoms with Gasteiger partial charge >= 0.3 is 0 Å². The summed E-state index contributed by atoms with van der Waals surface area (Å²) in [5.41, 5.74) is 1.83. The van der Waals surface area contributed by atoms with Crippen LogP contribution in [-0.4, -0.2) is 46.9 Å². The number of carbonyl (C=O) groups excluding carboxylic acids is 1. The Kier molecular flexibility index (Phi) is 5.82. The lowest BCUT2D eigenvalue weighted by atomic mass is 10.2. The van der Waals surface area contributed by atoms with Gasteiger partial charge in [-0.1, -0.05) is 24.3 Å². The zero-order chi connectivity index (χ0) is 19.4. The summed E-state index contributed by atoms with van der Waals surface area (Å²) in [5.74, 6) is -0.163. The zero-order valence-electron chi connectivity index (χ0n) is 15.7. The molecule has 0 spiro atoms. The second-order valence-electron chi connectivity index (χ2n) is 6.80. The molecule has 144 valence electrons. The van der Waals surface area contributed by atoms with Crippen LogP contribution in [0.1, 0.15) is 24.2 Å². The maximum absolute atomic E-state index is 12.9. The number of carbonyl (C=O) groups is 1. The Labute approximate surface area is 160 Å². The average molecular weight is 389 g/mol. The first-order chi connectivity index (χ1) is 12.9. The highest BCUT2D eigenvalue weighted by atomic mass is 32.2. The van der Waals surface area contributed by atoms with Crippen LogP contribution in [0.3, 0.4) is 0 Å². The van der Waals surface area contributed by atoms with Gasteiger partial charge in [-0.05, 0) is 38.1 Å². The summed E-state index contributed by atoms with van der Waals surface area (Å²) in [7, 11) is -3.78. The molecule has 0 unspecified atom stereocenters. The molecule has 0 amide bonds. The number of hydrogen-bond donors (Lipinski definition) is 2. The molecule has 3 rings (SSSR count). The number of para-hydroxylation sites is 2. The first-order valence-corrected chi connectivity index (χ1v) is 10.7. The second kappa shape index (κ2) is 8.10. The van der Waals surface area contributed by atoms with Crippen LogP contribution in [0, 0.1) is 0 Å². The number of Topliss-reactive ketones (excluding diaryl/α,β-unsaturated/α-hetero) is 1. The number of quaternary nitrogens is 1. The Bertz CT molecular complexity index is 920. The summed E-state index contributed by atoms with van der Waals surface area (Å²) < 4.78 is 28.4. The molecular weight excluding hydrogens is 362 g/mol. The third-order valence-electron chi connectivity index (χ3n) is 5.01. The Morgan fingerprint density at radius 1 is 1.11 bits per heavy atom. The largest absolute Gasteiger partial charge is 0.359 e. The summed E-state index contributed by atoms with van der Waals surface area (Å²) in [5, 5.41) is 0. The van der Waals surface area contributed by atoms with Crippen molar-refractivity contribution in [3.8, 4) is 0 Å². The number of anilines is 2. The lowest BCUT2D eigenvalue weighted by Gasteiger charge is -2.34. The summed E-state index contributed by atoms with van der Waals surface area (Å²) in [6.07, 6.45) is 0. The molecule has 1 fully saturated rings. The van der Waals surface area contributed by atoms with Gasteiger partial charge in [0.1, 0.15) is 0 Å². The van der Waals surface area contributed by atoms with Crippen LogP contribution in [0.15, 0.2) is 53.4 Å². The molecule has 6 nitrogen and oxygen atoms in total. The topological polar surface area (TPSA) is 70.9 Å². The quantitative estimate of drug-likeness (QED) is 0.734. The monoisotopic (exact) mass is 388 g/mol. The number of ketones is 1. The number of nitrogens with one attached hydrogen (secondary N) is 2. The summed E-state index contributed by atoms with van der Waals surface area (Å²) >= 11 is 0. The molecule has 2 aromatic rings. The molecule has 1 aliphatic rings. The van der Waals surface area contributed by atoms with Crippen molar-refractivity contribution in [1.82, 2.24) is 0 Å². The molecule has 0 atom stereocenters. The summed E-state index contributed by atoms with van der Waals surface area (Å²) in [4.78, 5) is 15.4. The van der Waals surface area contributed by atoms with E-state index in [1.807, 2.05) is 18.2 Å². The van der Waals surface area contributed by atoms with E-state index in [1.165, 1.54) is 19.1 Å². The van der Waals surface area contributed by atoms with E-state index < -0.39 is 10.0 Å². The number of sulfonamides is 1. The van der Waals surface area contributed by atoms with Crippen molar-refractivity contribution in [2.45, 2.75) is 18.7 Å². The lowest BCUT2D eigenvalue weighted by Crippen LogP contribution is -3.14. The standard InChI is InChI=1S/C20H25N3O3S/c1-3-22-11-13-23(14-12-22)20-10-5-4-9-19(20)21-27(25,26)18-8-6-7-17(15-18)16(2)24/h4-10,15,21H,3,11-14H2,1-2H3/p+1. The minimum absolute atomic E-state index is 0.0882. The average Bonchev–Trinajstić information content (AvgIpc) is 2.68. The minimum atomic E-state index is -3.78. The van der Waals surface area contributed by atoms with E-state index in [0.29, 0.717) is 11.3 Å². The Morgan fingerprint density at radius 3 is 2.48 bits per heavy atom. The molecule has 27 heavy (non-hydrogen) atoms. The van der Waals surface area contributed by atoms with Crippen molar-refractivity contribution in [3.63, 3.8) is 0 Å². The van der Waals surface area contributed by atoms with Crippen LogP contribution in [0.4, 0.5) is 11.4 Å². The van der Waals surface area contributed by atoms with E-state index in [-0.39, 0.29) is 10.7 Å². The molecule has 0 saturated carbocycles. The highest BCUT2D eigenvalue weighted by Gasteiger charge is 2.23. The van der Waals surface area contributed by atoms with Crippen LogP contribution in [0.25, 0.3) is 0 Å². The predicted molar refractivity (Wildman–Crippen MR) is 107 cm³/mol. The van der Waals surface area contributed by atoms with Gasteiger partial charge in [-0.25, -0.2) is 8.42 Å². The molecule has 0 radical (unpaired) electrons. The van der Waals surface area contributed by atoms with Gasteiger partial charge in [-0.15, -0.1) is 0 Å². The van der Waals surface area contributed by atoms with Crippen LogP contribution in [0.5, 0.6) is 0 Å². The summed E-state index contributed by atoms with van der Waals surface area (Å²) in [6.45, 7) is 8.57. The Balaban J connectivity index is 1.85. The molecule has 2 N–H and O–H groups in total. The number of piperazine rings is 1. The number of benzene rings is 2. The molecule has 0 bridgehead atoms.